The Morgan fingerprint density at radius 1 is 1.07 bits per heavy atom. The summed E-state index contributed by atoms with van der Waals surface area (Å²) in [7, 11) is 5.30. The fourth-order valence-corrected chi connectivity index (χ4v) is 4.57. The third-order valence-corrected chi connectivity index (χ3v) is 6.50. The number of likely N-dealkylation sites (tertiary alicyclic amines) is 1. The summed E-state index contributed by atoms with van der Waals surface area (Å²) in [4.78, 5) is 31.7. The van der Waals surface area contributed by atoms with Crippen LogP contribution in [0.5, 0.6) is 5.75 Å². The topological polar surface area (TPSA) is 70.9 Å². The summed E-state index contributed by atoms with van der Waals surface area (Å²) in [6.45, 7) is 4.66. The Kier molecular flexibility index (Phi) is 5.27. The molecule has 1 aromatic carbocycles. The van der Waals surface area contributed by atoms with Crippen molar-refractivity contribution >= 4 is 11.9 Å². The van der Waals surface area contributed by atoms with Gasteiger partial charge in [0.1, 0.15) is 11.3 Å². The first-order valence-electron chi connectivity index (χ1n) is 10.3. The smallest absolute Gasteiger partial charge is 0.327 e. The molecule has 3 heterocycles. The van der Waals surface area contributed by atoms with Crippen LogP contribution in [0.4, 0.5) is 4.79 Å². The molecular formula is C22H29N5O3. The fourth-order valence-electron chi connectivity index (χ4n) is 4.57. The van der Waals surface area contributed by atoms with Crippen LogP contribution < -0.4 is 4.74 Å². The molecule has 0 atom stereocenters. The minimum Gasteiger partial charge on any atom is -0.497 e. The van der Waals surface area contributed by atoms with Gasteiger partial charge < -0.3 is 9.64 Å². The number of methoxy groups -OCH3 is 1. The van der Waals surface area contributed by atoms with Gasteiger partial charge >= 0.3 is 6.03 Å². The van der Waals surface area contributed by atoms with Crippen LogP contribution in [-0.4, -0.2) is 69.2 Å². The quantitative estimate of drug-likeness (QED) is 0.705. The number of hydrogen-bond donors (Lipinski definition) is 0. The first-order chi connectivity index (χ1) is 14.3. The van der Waals surface area contributed by atoms with E-state index in [4.69, 9.17) is 4.74 Å². The van der Waals surface area contributed by atoms with Crippen LogP contribution in [0.15, 0.2) is 30.5 Å². The Bertz CT molecular complexity index is 944. The Labute approximate surface area is 177 Å². The highest BCUT2D eigenvalue weighted by Crippen LogP contribution is 2.37. The number of benzene rings is 1. The number of urea groups is 1. The van der Waals surface area contributed by atoms with E-state index in [9.17, 15) is 9.59 Å². The molecule has 160 valence electrons. The van der Waals surface area contributed by atoms with Crippen molar-refractivity contribution in [1.29, 1.82) is 0 Å². The summed E-state index contributed by atoms with van der Waals surface area (Å²) in [6.07, 6.45) is 3.34. The van der Waals surface area contributed by atoms with E-state index in [0.29, 0.717) is 12.8 Å². The maximum Gasteiger partial charge on any atom is 0.327 e. The van der Waals surface area contributed by atoms with Crippen molar-refractivity contribution in [3.63, 3.8) is 0 Å². The molecule has 0 radical (unpaired) electrons. The SMILES string of the molecule is COc1ccc(CN2C(=O)N(C)C3(CCN(Cc4cn(C)nc4C)CC3)C2=O)cc1. The number of nitrogens with zero attached hydrogens (tertiary/aromatic N) is 5. The van der Waals surface area contributed by atoms with Gasteiger partial charge in [-0.15, -0.1) is 0 Å². The van der Waals surface area contributed by atoms with Gasteiger partial charge in [-0.2, -0.15) is 5.10 Å². The van der Waals surface area contributed by atoms with E-state index >= 15 is 0 Å². The predicted octanol–water partition coefficient (Wildman–Crippen LogP) is 2.17. The lowest BCUT2D eigenvalue weighted by molar-refractivity contribution is -0.135. The van der Waals surface area contributed by atoms with Crippen molar-refractivity contribution in [2.75, 3.05) is 27.2 Å². The summed E-state index contributed by atoms with van der Waals surface area (Å²) in [5.41, 5.74) is 2.42. The van der Waals surface area contributed by atoms with Crippen molar-refractivity contribution in [3.05, 3.63) is 47.3 Å². The molecule has 8 nitrogen and oxygen atoms in total. The van der Waals surface area contributed by atoms with E-state index in [0.717, 1.165) is 36.6 Å². The highest BCUT2D eigenvalue weighted by Gasteiger charge is 2.56. The molecule has 2 aromatic rings. The van der Waals surface area contributed by atoms with Crippen molar-refractivity contribution in [2.24, 2.45) is 7.05 Å². The first-order valence-corrected chi connectivity index (χ1v) is 10.3. The Morgan fingerprint density at radius 2 is 1.73 bits per heavy atom. The minimum atomic E-state index is -0.732. The summed E-state index contributed by atoms with van der Waals surface area (Å²) in [5, 5.41) is 4.41. The Balaban J connectivity index is 1.44. The van der Waals surface area contributed by atoms with E-state index in [-0.39, 0.29) is 18.5 Å². The van der Waals surface area contributed by atoms with Crippen LogP contribution >= 0.6 is 0 Å². The molecule has 4 rings (SSSR count). The van der Waals surface area contributed by atoms with Gasteiger partial charge in [-0.25, -0.2) is 4.79 Å². The molecule has 0 bridgehead atoms. The van der Waals surface area contributed by atoms with Gasteiger partial charge in [0.25, 0.3) is 5.91 Å². The lowest BCUT2D eigenvalue weighted by atomic mass is 9.86. The normalized spacial score (nSPS) is 19.2. The van der Waals surface area contributed by atoms with Crippen LogP contribution in [0.2, 0.25) is 0 Å². The van der Waals surface area contributed by atoms with Crippen molar-refractivity contribution in [2.45, 2.75) is 38.4 Å². The van der Waals surface area contributed by atoms with E-state index in [1.165, 1.54) is 10.5 Å². The molecule has 2 fully saturated rings. The number of imide groups is 1. The maximum atomic E-state index is 13.4. The molecule has 1 spiro atoms. The number of carbonyl (C=O) groups excluding carboxylic acids is 2. The van der Waals surface area contributed by atoms with Gasteiger partial charge in [0, 0.05) is 45.5 Å². The highest BCUT2D eigenvalue weighted by molar-refractivity contribution is 6.06. The second-order valence-corrected chi connectivity index (χ2v) is 8.30. The molecule has 2 saturated heterocycles. The lowest BCUT2D eigenvalue weighted by Crippen LogP contribution is -2.55. The van der Waals surface area contributed by atoms with Gasteiger partial charge in [0.2, 0.25) is 0 Å². The molecule has 30 heavy (non-hydrogen) atoms. The second-order valence-electron chi connectivity index (χ2n) is 8.30. The standard InChI is InChI=1S/C22H29N5O3/c1-16-18(14-24(2)23-16)15-26-11-9-22(10-12-26)20(28)27(21(29)25(22)3)13-17-5-7-19(30-4)8-6-17/h5-8,14H,9-13,15H2,1-4H3. The summed E-state index contributed by atoms with van der Waals surface area (Å²) >= 11 is 0. The number of carbonyl (C=O) groups is 2. The lowest BCUT2D eigenvalue weighted by Gasteiger charge is -2.40. The first kappa shape index (κ1) is 20.4. The van der Waals surface area contributed by atoms with Crippen molar-refractivity contribution < 1.29 is 14.3 Å². The zero-order chi connectivity index (χ0) is 21.5. The molecule has 8 heteroatoms. The molecule has 2 aliphatic heterocycles. The molecule has 0 N–H and O–H groups in total. The minimum absolute atomic E-state index is 0.0805. The summed E-state index contributed by atoms with van der Waals surface area (Å²) in [6, 6.07) is 7.26. The van der Waals surface area contributed by atoms with Crippen LogP contribution in [0.3, 0.4) is 0 Å². The highest BCUT2D eigenvalue weighted by atomic mass is 16.5. The average Bonchev–Trinajstić information content (AvgIpc) is 3.15. The van der Waals surface area contributed by atoms with Gasteiger partial charge in [-0.1, -0.05) is 12.1 Å². The second kappa shape index (κ2) is 7.75. The van der Waals surface area contributed by atoms with Crippen LogP contribution in [0, 0.1) is 6.92 Å². The van der Waals surface area contributed by atoms with Gasteiger partial charge in [0.15, 0.2) is 0 Å². The van der Waals surface area contributed by atoms with Gasteiger partial charge in [0.05, 0.1) is 19.3 Å². The zero-order valence-corrected chi connectivity index (χ0v) is 18.1. The predicted molar refractivity (Wildman–Crippen MR) is 112 cm³/mol. The van der Waals surface area contributed by atoms with E-state index in [1.54, 1.807) is 19.1 Å². The van der Waals surface area contributed by atoms with Crippen LogP contribution in [-0.2, 0) is 24.9 Å². The number of likely N-dealkylation sites (N-methyl/N-ethyl adjacent to an activating group) is 1. The monoisotopic (exact) mass is 411 g/mol. The number of ether oxygens (including phenoxy) is 1. The fraction of sp³-hybridized carbons (Fsp3) is 0.500. The number of aryl methyl sites for hydroxylation is 2. The third kappa shape index (κ3) is 3.45. The molecule has 3 amide bonds. The Hall–Kier alpha value is -2.87. The number of hydrogen-bond acceptors (Lipinski definition) is 5. The maximum absolute atomic E-state index is 13.4. The molecule has 2 aliphatic rings. The molecular weight excluding hydrogens is 382 g/mol. The third-order valence-electron chi connectivity index (χ3n) is 6.50. The number of aromatic nitrogens is 2. The van der Waals surface area contributed by atoms with Crippen LogP contribution in [0.25, 0.3) is 0 Å². The molecule has 0 aliphatic carbocycles. The average molecular weight is 412 g/mol. The molecule has 1 aromatic heterocycles. The van der Waals surface area contributed by atoms with Gasteiger partial charge in [-0.05, 0) is 37.5 Å². The molecule has 0 saturated carbocycles. The summed E-state index contributed by atoms with van der Waals surface area (Å²) < 4.78 is 7.02. The van der Waals surface area contributed by atoms with Crippen molar-refractivity contribution in [3.8, 4) is 5.75 Å². The zero-order valence-electron chi connectivity index (χ0n) is 18.1. The number of piperidine rings is 1. The van der Waals surface area contributed by atoms with Crippen molar-refractivity contribution in [1.82, 2.24) is 24.5 Å². The number of rotatable bonds is 5. The van der Waals surface area contributed by atoms with Gasteiger partial charge in [-0.3, -0.25) is 19.3 Å². The largest absolute Gasteiger partial charge is 0.497 e. The van der Waals surface area contributed by atoms with E-state index < -0.39 is 5.54 Å². The number of amides is 3. The van der Waals surface area contributed by atoms with E-state index in [1.807, 2.05) is 49.1 Å². The molecule has 0 unspecified atom stereocenters. The summed E-state index contributed by atoms with van der Waals surface area (Å²) in [5.74, 6) is 0.672. The van der Waals surface area contributed by atoms with E-state index in [2.05, 4.69) is 10.00 Å². The van der Waals surface area contributed by atoms with Crippen LogP contribution in [0.1, 0.15) is 29.7 Å². The Morgan fingerprint density at radius 3 is 2.30 bits per heavy atom.